The first kappa shape index (κ1) is 11.4. The fraction of sp³-hybridized carbons (Fsp3) is 0.222. The molecule has 0 aromatic heterocycles. The van der Waals surface area contributed by atoms with Crippen LogP contribution in [0.5, 0.6) is 0 Å². The van der Waals surface area contributed by atoms with E-state index in [0.29, 0.717) is 6.54 Å². The molecule has 1 rings (SSSR count). The van der Waals surface area contributed by atoms with E-state index in [2.05, 4.69) is 33.5 Å². The minimum absolute atomic E-state index is 0.196. The van der Waals surface area contributed by atoms with E-state index in [0.717, 1.165) is 10.0 Å². The van der Waals surface area contributed by atoms with Crippen LogP contribution in [0.3, 0.4) is 0 Å². The van der Waals surface area contributed by atoms with Crippen LogP contribution in [0.2, 0.25) is 0 Å². The summed E-state index contributed by atoms with van der Waals surface area (Å²) >= 11 is 7.95. The van der Waals surface area contributed by atoms with Gasteiger partial charge in [0.2, 0.25) is 0 Å². The minimum atomic E-state index is -0.593. The maximum Gasteiger partial charge on any atom is 0.163 e. The van der Waals surface area contributed by atoms with Gasteiger partial charge in [-0.25, -0.2) is 0 Å². The normalized spacial score (nSPS) is 12.1. The summed E-state index contributed by atoms with van der Waals surface area (Å²) in [7, 11) is 0. The standard InChI is InChI=1S/C9H11BrN2OS/c10-7-3-1-6(2-4-7)8(13)5-12-9(11)14/h1-4,8,13H,5H2,(H3,11,12,14)/t8-/m0/s1. The molecule has 76 valence electrons. The summed E-state index contributed by atoms with van der Waals surface area (Å²) in [5.41, 5.74) is 6.08. The number of nitrogens with two attached hydrogens (primary N) is 1. The molecular weight excluding hydrogens is 264 g/mol. The number of nitrogens with one attached hydrogen (secondary N) is 1. The van der Waals surface area contributed by atoms with Crippen molar-refractivity contribution in [1.82, 2.24) is 5.32 Å². The second-order valence-corrected chi connectivity index (χ2v) is 4.17. The number of halogens is 1. The minimum Gasteiger partial charge on any atom is -0.387 e. The summed E-state index contributed by atoms with van der Waals surface area (Å²) in [5.74, 6) is 0. The zero-order valence-corrected chi connectivity index (χ0v) is 9.81. The quantitative estimate of drug-likeness (QED) is 0.728. The molecule has 0 aliphatic rings. The molecule has 1 aromatic carbocycles. The number of aliphatic hydroxyl groups excluding tert-OH is 1. The van der Waals surface area contributed by atoms with E-state index in [4.69, 9.17) is 5.73 Å². The Balaban J connectivity index is 2.56. The third-order valence-corrected chi connectivity index (χ3v) is 2.40. The highest BCUT2D eigenvalue weighted by Gasteiger charge is 2.06. The molecule has 0 aliphatic carbocycles. The molecule has 1 atom stereocenters. The fourth-order valence-electron chi connectivity index (χ4n) is 1.00. The SMILES string of the molecule is NC(=S)NC[C@H](O)c1ccc(Br)cc1. The van der Waals surface area contributed by atoms with Gasteiger partial charge in [-0.05, 0) is 29.9 Å². The number of thiocarbonyl (C=S) groups is 1. The van der Waals surface area contributed by atoms with E-state index in [1.807, 2.05) is 24.3 Å². The lowest BCUT2D eigenvalue weighted by atomic mass is 10.1. The Bertz CT molecular complexity index is 315. The molecule has 0 aliphatic heterocycles. The Morgan fingerprint density at radius 2 is 2.07 bits per heavy atom. The Labute approximate surface area is 96.4 Å². The Morgan fingerprint density at radius 1 is 1.50 bits per heavy atom. The maximum absolute atomic E-state index is 9.67. The van der Waals surface area contributed by atoms with Gasteiger partial charge in [-0.1, -0.05) is 28.1 Å². The molecule has 0 heterocycles. The van der Waals surface area contributed by atoms with Crippen molar-refractivity contribution in [3.05, 3.63) is 34.3 Å². The van der Waals surface area contributed by atoms with Crippen LogP contribution in [0.15, 0.2) is 28.7 Å². The van der Waals surface area contributed by atoms with Gasteiger partial charge in [0.15, 0.2) is 5.11 Å². The van der Waals surface area contributed by atoms with Crippen LogP contribution >= 0.6 is 28.1 Å². The van der Waals surface area contributed by atoms with E-state index >= 15 is 0 Å². The second-order valence-electron chi connectivity index (χ2n) is 2.81. The van der Waals surface area contributed by atoms with Crippen molar-refractivity contribution in [2.45, 2.75) is 6.10 Å². The molecule has 0 saturated carbocycles. The molecule has 4 N–H and O–H groups in total. The molecule has 3 nitrogen and oxygen atoms in total. The molecule has 0 amide bonds. The number of hydrogen-bond acceptors (Lipinski definition) is 2. The number of aliphatic hydroxyl groups is 1. The van der Waals surface area contributed by atoms with Gasteiger partial charge in [0.1, 0.15) is 0 Å². The average molecular weight is 275 g/mol. The van der Waals surface area contributed by atoms with Crippen LogP contribution in [-0.4, -0.2) is 16.8 Å². The molecule has 0 unspecified atom stereocenters. The lowest BCUT2D eigenvalue weighted by Gasteiger charge is -2.11. The van der Waals surface area contributed by atoms with Crippen molar-refractivity contribution in [1.29, 1.82) is 0 Å². The molecule has 14 heavy (non-hydrogen) atoms. The molecule has 0 fully saturated rings. The predicted octanol–water partition coefficient (Wildman–Crippen LogP) is 1.32. The monoisotopic (exact) mass is 274 g/mol. The first-order valence-electron chi connectivity index (χ1n) is 4.06. The van der Waals surface area contributed by atoms with Gasteiger partial charge >= 0.3 is 0 Å². The predicted molar refractivity (Wildman–Crippen MR) is 63.9 cm³/mol. The zero-order chi connectivity index (χ0) is 10.6. The first-order chi connectivity index (χ1) is 6.59. The van der Waals surface area contributed by atoms with Crippen molar-refractivity contribution in [2.75, 3.05) is 6.54 Å². The van der Waals surface area contributed by atoms with Crippen molar-refractivity contribution in [2.24, 2.45) is 5.73 Å². The van der Waals surface area contributed by atoms with Crippen LogP contribution in [0, 0.1) is 0 Å². The lowest BCUT2D eigenvalue weighted by Crippen LogP contribution is -2.32. The highest BCUT2D eigenvalue weighted by molar-refractivity contribution is 9.10. The van der Waals surface area contributed by atoms with E-state index in [1.165, 1.54) is 0 Å². The molecule has 0 radical (unpaired) electrons. The second kappa shape index (κ2) is 5.29. The summed E-state index contributed by atoms with van der Waals surface area (Å²) < 4.78 is 0.982. The Kier molecular flexibility index (Phi) is 4.31. The number of benzene rings is 1. The summed E-state index contributed by atoms with van der Waals surface area (Å²) in [5, 5.41) is 12.6. The topological polar surface area (TPSA) is 58.3 Å². The van der Waals surface area contributed by atoms with Crippen molar-refractivity contribution >= 4 is 33.3 Å². The van der Waals surface area contributed by atoms with Crippen LogP contribution < -0.4 is 11.1 Å². The van der Waals surface area contributed by atoms with Gasteiger partial charge in [-0.15, -0.1) is 0 Å². The van der Waals surface area contributed by atoms with E-state index in [-0.39, 0.29) is 5.11 Å². The van der Waals surface area contributed by atoms with Crippen molar-refractivity contribution in [3.8, 4) is 0 Å². The largest absolute Gasteiger partial charge is 0.387 e. The van der Waals surface area contributed by atoms with Crippen LogP contribution in [-0.2, 0) is 0 Å². The fourth-order valence-corrected chi connectivity index (χ4v) is 1.35. The average Bonchev–Trinajstić information content (AvgIpc) is 2.15. The number of hydrogen-bond donors (Lipinski definition) is 3. The highest BCUT2D eigenvalue weighted by atomic mass is 79.9. The molecular formula is C9H11BrN2OS. The maximum atomic E-state index is 9.67. The molecule has 5 heteroatoms. The van der Waals surface area contributed by atoms with E-state index < -0.39 is 6.10 Å². The third kappa shape index (κ3) is 3.61. The van der Waals surface area contributed by atoms with Gasteiger partial charge in [-0.3, -0.25) is 0 Å². The van der Waals surface area contributed by atoms with Crippen LogP contribution in [0.25, 0.3) is 0 Å². The van der Waals surface area contributed by atoms with Gasteiger partial charge in [-0.2, -0.15) is 0 Å². The zero-order valence-electron chi connectivity index (χ0n) is 7.40. The highest BCUT2D eigenvalue weighted by Crippen LogP contribution is 2.15. The Hall–Kier alpha value is -0.650. The molecule has 1 aromatic rings. The van der Waals surface area contributed by atoms with Gasteiger partial charge in [0, 0.05) is 11.0 Å². The summed E-state index contributed by atoms with van der Waals surface area (Å²) in [6.07, 6.45) is -0.593. The molecule has 0 saturated heterocycles. The smallest absolute Gasteiger partial charge is 0.163 e. The van der Waals surface area contributed by atoms with E-state index in [9.17, 15) is 5.11 Å². The van der Waals surface area contributed by atoms with Crippen molar-refractivity contribution in [3.63, 3.8) is 0 Å². The van der Waals surface area contributed by atoms with Crippen molar-refractivity contribution < 1.29 is 5.11 Å². The third-order valence-electron chi connectivity index (χ3n) is 1.72. The summed E-state index contributed by atoms with van der Waals surface area (Å²) in [6, 6.07) is 7.44. The molecule has 0 spiro atoms. The van der Waals surface area contributed by atoms with E-state index in [1.54, 1.807) is 0 Å². The number of rotatable bonds is 3. The molecule has 0 bridgehead atoms. The van der Waals surface area contributed by atoms with Crippen LogP contribution in [0.1, 0.15) is 11.7 Å². The van der Waals surface area contributed by atoms with Crippen LogP contribution in [0.4, 0.5) is 0 Å². The summed E-state index contributed by atoms with van der Waals surface area (Å²) in [6.45, 7) is 0.330. The Morgan fingerprint density at radius 3 is 2.57 bits per heavy atom. The van der Waals surface area contributed by atoms with Gasteiger partial charge < -0.3 is 16.2 Å². The van der Waals surface area contributed by atoms with Gasteiger partial charge in [0.25, 0.3) is 0 Å². The first-order valence-corrected chi connectivity index (χ1v) is 5.26. The van der Waals surface area contributed by atoms with Gasteiger partial charge in [0.05, 0.1) is 6.10 Å². The summed E-state index contributed by atoms with van der Waals surface area (Å²) in [4.78, 5) is 0. The lowest BCUT2D eigenvalue weighted by molar-refractivity contribution is 0.181.